The fraction of sp³-hybridized carbons (Fsp3) is 0.314. The summed E-state index contributed by atoms with van der Waals surface area (Å²) in [5.41, 5.74) is 13.4. The molecule has 236 valence electrons. The van der Waals surface area contributed by atoms with Crippen LogP contribution in [-0.4, -0.2) is 52.3 Å². The molecule has 4 aromatic heterocycles. The van der Waals surface area contributed by atoms with Crippen molar-refractivity contribution in [1.82, 2.24) is 19.9 Å². The predicted molar refractivity (Wildman–Crippen MR) is 173 cm³/mol. The van der Waals surface area contributed by atoms with Crippen molar-refractivity contribution in [3.63, 3.8) is 0 Å². The van der Waals surface area contributed by atoms with Gasteiger partial charge < -0.3 is 40.4 Å². The molecule has 10 nitrogen and oxygen atoms in total. The normalized spacial score (nSPS) is 13.6. The lowest BCUT2D eigenvalue weighted by molar-refractivity contribution is -0.142. The van der Waals surface area contributed by atoms with Crippen molar-refractivity contribution >= 4 is 35.6 Å². The number of nitrogens with one attached hydrogen (secondary N) is 4. The Bertz CT molecular complexity index is 1960. The van der Waals surface area contributed by atoms with E-state index in [4.69, 9.17) is 0 Å². The predicted octanol–water partition coefficient (Wildman–Crippen LogP) is 2.55. The highest BCUT2D eigenvalue weighted by Crippen LogP contribution is 2.29. The third kappa shape index (κ3) is 6.34. The number of aliphatic carboxylic acids is 2. The largest absolute Gasteiger partial charge is 0.494 e. The van der Waals surface area contributed by atoms with Crippen molar-refractivity contribution < 1.29 is 30.0 Å². The molecule has 0 bridgehead atoms. The van der Waals surface area contributed by atoms with Crippen LogP contribution in [0.25, 0.3) is 23.6 Å². The molecule has 0 aliphatic heterocycles. The third-order valence-corrected chi connectivity index (χ3v) is 8.67. The van der Waals surface area contributed by atoms with E-state index in [1.165, 1.54) is 0 Å². The molecule has 0 radical (unpaired) electrons. The number of hydrogen-bond donors (Lipinski definition) is 8. The molecule has 4 aromatic rings. The van der Waals surface area contributed by atoms with E-state index in [0.29, 0.717) is 38.7 Å². The fourth-order valence-corrected chi connectivity index (χ4v) is 5.72. The van der Waals surface area contributed by atoms with Gasteiger partial charge in [0.05, 0.1) is 22.5 Å². The maximum atomic E-state index is 11.9. The second-order valence-electron chi connectivity index (χ2n) is 11.7. The van der Waals surface area contributed by atoms with E-state index in [1.54, 1.807) is 27.7 Å². The van der Waals surface area contributed by atoms with Crippen LogP contribution < -0.4 is 21.1 Å². The quantitative estimate of drug-likeness (QED) is 0.136. The van der Waals surface area contributed by atoms with E-state index >= 15 is 0 Å². The molecule has 4 heterocycles. The van der Waals surface area contributed by atoms with Crippen molar-refractivity contribution in [2.45, 2.75) is 60.8 Å². The van der Waals surface area contributed by atoms with Gasteiger partial charge in [0.15, 0.2) is 11.8 Å². The van der Waals surface area contributed by atoms with Gasteiger partial charge in [-0.15, -0.1) is 11.5 Å². The number of aromatic nitrogens is 4. The first kappa shape index (κ1) is 32.6. The summed E-state index contributed by atoms with van der Waals surface area (Å²) < 4.78 is 0. The zero-order valence-corrected chi connectivity index (χ0v) is 26.5. The van der Waals surface area contributed by atoms with Gasteiger partial charge in [-0.3, -0.25) is 9.59 Å². The molecule has 0 unspecified atom stereocenters. The maximum absolute atomic E-state index is 11.9. The monoisotopic (exact) mass is 612 g/mol. The molecule has 0 amide bonds. The first-order valence-corrected chi connectivity index (χ1v) is 14.6. The van der Waals surface area contributed by atoms with Crippen LogP contribution in [0.2, 0.25) is 0 Å². The van der Waals surface area contributed by atoms with Crippen molar-refractivity contribution in [2.24, 2.45) is 11.8 Å². The van der Waals surface area contributed by atoms with E-state index in [0.717, 1.165) is 45.0 Å². The molecule has 4 rings (SSSR count). The molecule has 0 saturated heterocycles. The number of aromatic hydroxyl groups is 2. The Labute approximate surface area is 260 Å². The lowest BCUT2D eigenvalue weighted by Crippen LogP contribution is -2.23. The van der Waals surface area contributed by atoms with E-state index < -0.39 is 23.8 Å². The summed E-state index contributed by atoms with van der Waals surface area (Å²) in [7, 11) is 0. The summed E-state index contributed by atoms with van der Waals surface area (Å²) in [5, 5.41) is 42.5. The Kier molecular flexibility index (Phi) is 9.23. The molecule has 10 heteroatoms. The minimum absolute atomic E-state index is 0.0159. The highest BCUT2D eigenvalue weighted by molar-refractivity contribution is 5.71. The lowest BCUT2D eigenvalue weighted by Gasteiger charge is -2.12. The third-order valence-electron chi connectivity index (χ3n) is 8.67. The Balaban J connectivity index is 1.94. The van der Waals surface area contributed by atoms with Crippen molar-refractivity contribution in [2.75, 3.05) is 0 Å². The van der Waals surface area contributed by atoms with Gasteiger partial charge in [0.25, 0.3) is 0 Å². The van der Waals surface area contributed by atoms with E-state index in [1.807, 2.05) is 26.0 Å². The number of hydrogen-bond acceptors (Lipinski definition) is 4. The number of carbonyl (C=O) groups is 2. The maximum Gasteiger partial charge on any atom is 0.306 e. The Hall–Kier alpha value is -5.30. The molecule has 0 saturated carbocycles. The summed E-state index contributed by atoms with van der Waals surface area (Å²) in [5.74, 6) is -3.10. The van der Waals surface area contributed by atoms with Crippen molar-refractivity contribution in [3.8, 4) is 11.8 Å². The molecule has 8 N–H and O–H groups in total. The van der Waals surface area contributed by atoms with Crippen LogP contribution in [0.15, 0.2) is 13.2 Å². The van der Waals surface area contributed by atoms with Crippen LogP contribution in [0, 0.1) is 39.5 Å². The minimum atomic E-state index is -0.913. The summed E-state index contributed by atoms with van der Waals surface area (Å²) >= 11 is 0. The number of carboxylic acids is 2. The van der Waals surface area contributed by atoms with Crippen LogP contribution in [0.4, 0.5) is 0 Å². The Morgan fingerprint density at radius 2 is 1.04 bits per heavy atom. The average molecular weight is 613 g/mol. The van der Waals surface area contributed by atoms with Crippen LogP contribution >= 0.6 is 0 Å². The van der Waals surface area contributed by atoms with Crippen LogP contribution in [-0.2, 0) is 28.9 Å². The lowest BCUT2D eigenvalue weighted by atomic mass is 9.93. The fourth-order valence-electron chi connectivity index (χ4n) is 5.72. The first-order valence-electron chi connectivity index (χ1n) is 14.6. The zero-order valence-electron chi connectivity index (χ0n) is 26.5. The topological polar surface area (TPSA) is 178 Å². The summed E-state index contributed by atoms with van der Waals surface area (Å²) in [6.45, 7) is 18.2. The zero-order chi connectivity index (χ0) is 33.3. The molecular weight excluding hydrogens is 572 g/mol. The van der Waals surface area contributed by atoms with Crippen molar-refractivity contribution in [1.29, 1.82) is 0 Å². The average Bonchev–Trinajstić information content (AvgIpc) is 3.62. The van der Waals surface area contributed by atoms with E-state index in [9.17, 15) is 30.0 Å². The first-order chi connectivity index (χ1) is 21.2. The molecule has 0 aliphatic rings. The Morgan fingerprint density at radius 3 is 1.36 bits per heavy atom. The summed E-state index contributed by atoms with van der Waals surface area (Å²) in [4.78, 5) is 36.6. The van der Waals surface area contributed by atoms with Gasteiger partial charge in [-0.1, -0.05) is 27.0 Å². The minimum Gasteiger partial charge on any atom is -0.494 e. The molecule has 0 fully saturated rings. The summed E-state index contributed by atoms with van der Waals surface area (Å²) in [6.07, 6.45) is 4.57. The van der Waals surface area contributed by atoms with Crippen LogP contribution in [0.3, 0.4) is 0 Å². The number of carboxylic acid groups (broad SMARTS) is 2. The smallest absolute Gasteiger partial charge is 0.306 e. The molecule has 0 aromatic carbocycles. The van der Waals surface area contributed by atoms with Gasteiger partial charge in [0.2, 0.25) is 0 Å². The van der Waals surface area contributed by atoms with Gasteiger partial charge in [0, 0.05) is 50.8 Å². The van der Waals surface area contributed by atoms with Gasteiger partial charge in [-0.05, 0) is 74.9 Å². The Morgan fingerprint density at radius 1 is 0.689 bits per heavy atom. The number of aromatic amines is 4. The highest BCUT2D eigenvalue weighted by atomic mass is 16.4. The van der Waals surface area contributed by atoms with Crippen LogP contribution in [0.5, 0.6) is 11.8 Å². The van der Waals surface area contributed by atoms with Gasteiger partial charge in [0.1, 0.15) is 0 Å². The molecule has 2 atom stereocenters. The molecule has 0 aliphatic carbocycles. The van der Waals surface area contributed by atoms with E-state index in [-0.39, 0.29) is 24.6 Å². The van der Waals surface area contributed by atoms with Gasteiger partial charge >= 0.3 is 11.9 Å². The second-order valence-corrected chi connectivity index (χ2v) is 11.7. The molecule has 0 spiro atoms. The van der Waals surface area contributed by atoms with Gasteiger partial charge in [-0.2, -0.15) is 0 Å². The number of H-pyrrole nitrogens is 4. The number of rotatable bonds is 10. The molecular formula is C35H40N4O6. The SMILES string of the molecule is C=C=c1c(C)c(O)[nH]c1=Cc1[nH]c(Cc2[nH]c(C=c3[nH]c(O)c(C)c3=C=C)c(C)c2C[C@H](C)C(=O)O)c(C[C@@H](C)C(=O)O)c1C. The second kappa shape index (κ2) is 12.7. The summed E-state index contributed by atoms with van der Waals surface area (Å²) in [6, 6.07) is 0. The molecule has 45 heavy (non-hydrogen) atoms. The standard InChI is InChI=1S/C35H40N4O6/c1-9-22-20(7)32(40)38-28(22)13-26-18(5)24(11-16(3)34(42)43)30(36-26)15-31-25(12-17(4)35(44)45)19(6)27(37-31)14-29-23(10-2)21(8)33(41)39-29/h13-14,16-17,36-41H,1-2,11-12,15H2,3-8H3,(H,42,43)(H,44,45)/t16-,17+. The van der Waals surface area contributed by atoms with E-state index in [2.05, 4.69) is 44.6 Å². The highest BCUT2D eigenvalue weighted by Gasteiger charge is 2.24. The van der Waals surface area contributed by atoms with Crippen molar-refractivity contribution in [3.05, 3.63) is 90.4 Å². The van der Waals surface area contributed by atoms with Crippen LogP contribution in [0.1, 0.15) is 70.0 Å². The van der Waals surface area contributed by atoms with Gasteiger partial charge in [-0.25, -0.2) is 0 Å².